The lowest BCUT2D eigenvalue weighted by molar-refractivity contribution is -0.164. The highest BCUT2D eigenvalue weighted by molar-refractivity contribution is 8.01. The van der Waals surface area contributed by atoms with E-state index in [0.717, 1.165) is 5.56 Å². The third kappa shape index (κ3) is 5.51. The lowest BCUT2D eigenvalue weighted by Gasteiger charge is -2.48. The molecule has 0 aliphatic carbocycles. The first-order valence-electron chi connectivity index (χ1n) is 11.6. The van der Waals surface area contributed by atoms with Gasteiger partial charge in [-0.15, -0.1) is 10.2 Å². The van der Waals surface area contributed by atoms with Gasteiger partial charge in [0.2, 0.25) is 5.91 Å². The van der Waals surface area contributed by atoms with Crippen LogP contribution in [0.5, 0.6) is 5.75 Å². The molecule has 0 N–H and O–H groups in total. The molecule has 4 atom stereocenters. The van der Waals surface area contributed by atoms with Crippen molar-refractivity contribution in [3.05, 3.63) is 46.6 Å². The number of carbonyl (C=O) groups is 2. The van der Waals surface area contributed by atoms with E-state index in [4.69, 9.17) is 13.9 Å². The maximum absolute atomic E-state index is 14.5. The molecular formula is C24H30FN3O5S2Si. The minimum absolute atomic E-state index is 0.0225. The predicted molar refractivity (Wildman–Crippen MR) is 138 cm³/mol. The van der Waals surface area contributed by atoms with Crippen LogP contribution in [0.1, 0.15) is 12.5 Å². The highest BCUT2D eigenvalue weighted by Crippen LogP contribution is 2.49. The van der Waals surface area contributed by atoms with Crippen LogP contribution in [-0.4, -0.2) is 67.0 Å². The number of methoxy groups -OCH3 is 1. The molecule has 0 saturated carbocycles. The smallest absolute Gasteiger partial charge is 0.355 e. The number of hydrogen-bond acceptors (Lipinski definition) is 9. The van der Waals surface area contributed by atoms with Crippen LogP contribution < -0.4 is 4.74 Å². The zero-order valence-corrected chi connectivity index (χ0v) is 23.5. The van der Waals surface area contributed by atoms with E-state index in [1.165, 1.54) is 28.0 Å². The molecule has 2 aromatic rings. The Morgan fingerprint density at radius 3 is 2.58 bits per heavy atom. The zero-order chi connectivity index (χ0) is 26.0. The number of hydrogen-bond donors (Lipinski definition) is 0. The average Bonchev–Trinajstić information content (AvgIpc) is 3.44. The summed E-state index contributed by atoms with van der Waals surface area (Å²) in [5.41, 5.74) is 3.11. The van der Waals surface area contributed by atoms with Crippen molar-refractivity contribution in [1.82, 2.24) is 15.1 Å². The largest absolute Gasteiger partial charge is 0.497 e. The molecule has 0 unspecified atom stereocenters. The Hall–Kier alpha value is -2.28. The van der Waals surface area contributed by atoms with Crippen LogP contribution >= 0.6 is 23.1 Å². The van der Waals surface area contributed by atoms with E-state index in [0.29, 0.717) is 21.4 Å². The molecule has 12 heteroatoms. The number of esters is 1. The van der Waals surface area contributed by atoms with Gasteiger partial charge in [-0.25, -0.2) is 4.79 Å². The van der Waals surface area contributed by atoms with Gasteiger partial charge in [0.1, 0.15) is 23.6 Å². The molecule has 1 fully saturated rings. The van der Waals surface area contributed by atoms with E-state index in [-0.39, 0.29) is 24.3 Å². The Kier molecular flexibility index (Phi) is 8.17. The highest BCUT2D eigenvalue weighted by atomic mass is 32.2. The first-order valence-corrected chi connectivity index (χ1v) is 16.9. The van der Waals surface area contributed by atoms with E-state index >= 15 is 0 Å². The van der Waals surface area contributed by atoms with Gasteiger partial charge in [-0.2, -0.15) is 0 Å². The van der Waals surface area contributed by atoms with Gasteiger partial charge in [-0.05, 0) is 49.8 Å². The first-order chi connectivity index (χ1) is 17.1. The third-order valence-corrected chi connectivity index (χ3v) is 9.21. The lowest BCUT2D eigenvalue weighted by Crippen LogP contribution is -2.65. The number of amides is 1. The quantitative estimate of drug-likeness (QED) is 0.177. The Labute approximate surface area is 219 Å². The number of β-lactam (4-membered cyclic amide) rings is 1. The molecule has 1 saturated heterocycles. The van der Waals surface area contributed by atoms with Crippen LogP contribution in [0.3, 0.4) is 0 Å². The molecule has 36 heavy (non-hydrogen) atoms. The van der Waals surface area contributed by atoms with Gasteiger partial charge >= 0.3 is 5.97 Å². The van der Waals surface area contributed by atoms with E-state index in [1.807, 2.05) is 6.92 Å². The number of nitrogens with zero attached hydrogens (tertiary/aromatic N) is 3. The first kappa shape index (κ1) is 26.8. The Morgan fingerprint density at radius 1 is 1.28 bits per heavy atom. The zero-order valence-electron chi connectivity index (χ0n) is 20.9. The average molecular weight is 552 g/mol. The lowest BCUT2D eigenvalue weighted by atomic mass is 9.77. The molecular weight excluding hydrogens is 521 g/mol. The van der Waals surface area contributed by atoms with Crippen LogP contribution in [0.25, 0.3) is 0 Å². The second-order valence-corrected chi connectivity index (χ2v) is 16.2. The van der Waals surface area contributed by atoms with Gasteiger partial charge in [0.25, 0.3) is 0 Å². The predicted octanol–water partition coefficient (Wildman–Crippen LogP) is 4.30. The van der Waals surface area contributed by atoms with E-state index in [9.17, 15) is 14.0 Å². The molecule has 8 nitrogen and oxygen atoms in total. The number of alkyl halides is 1. The second kappa shape index (κ2) is 11.0. The highest BCUT2D eigenvalue weighted by Gasteiger charge is 2.61. The maximum Gasteiger partial charge on any atom is 0.355 e. The summed E-state index contributed by atoms with van der Waals surface area (Å²) in [6, 6.07) is 6.69. The van der Waals surface area contributed by atoms with Gasteiger partial charge < -0.3 is 18.8 Å². The van der Waals surface area contributed by atoms with Crippen molar-refractivity contribution in [1.29, 1.82) is 0 Å². The number of rotatable bonds is 11. The van der Waals surface area contributed by atoms with Crippen LogP contribution in [0.2, 0.25) is 19.6 Å². The summed E-state index contributed by atoms with van der Waals surface area (Å²) in [6.45, 7) is 7.35. The minimum Gasteiger partial charge on any atom is -0.497 e. The Balaban J connectivity index is 1.58. The van der Waals surface area contributed by atoms with Crippen LogP contribution in [-0.2, 0) is 25.4 Å². The number of aromatic nitrogens is 2. The fourth-order valence-electron chi connectivity index (χ4n) is 4.76. The fraction of sp³-hybridized carbons (Fsp3) is 0.500. The summed E-state index contributed by atoms with van der Waals surface area (Å²) in [6.07, 6.45) is -0.369. The van der Waals surface area contributed by atoms with Gasteiger partial charge in [0.05, 0.1) is 31.8 Å². The second-order valence-electron chi connectivity index (χ2n) is 9.71. The van der Waals surface area contributed by atoms with Crippen LogP contribution in [0.4, 0.5) is 4.39 Å². The maximum atomic E-state index is 14.5. The fourth-order valence-corrected chi connectivity index (χ4v) is 7.61. The minimum atomic E-state index is -1.93. The third-order valence-electron chi connectivity index (χ3n) is 6.22. The molecule has 0 spiro atoms. The number of thioether (sulfide) groups is 1. The van der Waals surface area contributed by atoms with Gasteiger partial charge in [0, 0.05) is 11.7 Å². The van der Waals surface area contributed by atoms with Crippen molar-refractivity contribution in [2.24, 2.45) is 11.8 Å². The molecule has 194 valence electrons. The molecule has 1 amide bonds. The summed E-state index contributed by atoms with van der Waals surface area (Å²) in [4.78, 5) is 28.1. The summed E-state index contributed by atoms with van der Waals surface area (Å²) in [5, 5.41) is 7.87. The topological polar surface area (TPSA) is 90.9 Å². The van der Waals surface area contributed by atoms with E-state index < -0.39 is 38.8 Å². The van der Waals surface area contributed by atoms with Crippen molar-refractivity contribution >= 4 is 43.3 Å². The number of ether oxygens (including phenoxy) is 2. The van der Waals surface area contributed by atoms with Crippen molar-refractivity contribution in [3.8, 4) is 5.75 Å². The Morgan fingerprint density at radius 2 is 2.00 bits per heavy atom. The van der Waals surface area contributed by atoms with Crippen molar-refractivity contribution < 1.29 is 27.9 Å². The number of carbonyl (C=O) groups excluding carboxylic acids is 2. The SMILES string of the molecule is COc1ccc(COC(=O)C2=C(CSc3nncs3)[C@H](CF)[C@@H]3[C@@H]([C@@H](C)O[Si](C)(C)C)C(=O)N23)cc1. The van der Waals surface area contributed by atoms with Crippen molar-refractivity contribution in [2.45, 2.75) is 49.7 Å². The normalized spacial score (nSPS) is 22.3. The monoisotopic (exact) mass is 551 g/mol. The van der Waals surface area contributed by atoms with Crippen LogP contribution in [0.15, 0.2) is 45.4 Å². The van der Waals surface area contributed by atoms with Crippen molar-refractivity contribution in [3.63, 3.8) is 0 Å². The molecule has 0 radical (unpaired) electrons. The molecule has 2 aliphatic rings. The number of benzene rings is 1. The number of halogens is 1. The molecule has 1 aromatic heterocycles. The summed E-state index contributed by atoms with van der Waals surface area (Å²) in [7, 11) is -0.355. The summed E-state index contributed by atoms with van der Waals surface area (Å²) < 4.78 is 32.2. The molecule has 0 bridgehead atoms. The van der Waals surface area contributed by atoms with Crippen LogP contribution in [0, 0.1) is 11.8 Å². The molecule has 4 rings (SSSR count). The van der Waals surface area contributed by atoms with Gasteiger partial charge in [0.15, 0.2) is 12.7 Å². The van der Waals surface area contributed by atoms with Gasteiger partial charge in [-0.1, -0.05) is 35.2 Å². The standard InChI is InChI=1S/C24H30FN3O5S2Si/c1-14(33-36(3,4)5)19-20-17(10-25)18(12-34-24-27-26-13-35-24)21(28(20)22(19)29)23(30)32-11-15-6-8-16(31-2)9-7-15/h6-9,13-14,17,19-20H,10-12H2,1-5H3/t14-,17+,19-,20-/m1/s1. The summed E-state index contributed by atoms with van der Waals surface area (Å²) in [5.74, 6) is -0.968. The van der Waals surface area contributed by atoms with Gasteiger partial charge in [-0.3, -0.25) is 9.18 Å². The number of fused-ring (bicyclic) bond motifs is 1. The Bertz CT molecular complexity index is 1120. The van der Waals surface area contributed by atoms with Crippen molar-refractivity contribution in [2.75, 3.05) is 19.5 Å². The molecule has 2 aliphatic heterocycles. The van der Waals surface area contributed by atoms with E-state index in [2.05, 4.69) is 29.8 Å². The van der Waals surface area contributed by atoms with E-state index in [1.54, 1.807) is 36.9 Å². The molecule has 1 aromatic carbocycles. The molecule has 3 heterocycles. The summed E-state index contributed by atoms with van der Waals surface area (Å²) >= 11 is 2.74.